The average molecular weight is 427 g/mol. The van der Waals surface area contributed by atoms with Gasteiger partial charge in [0, 0.05) is 19.0 Å². The van der Waals surface area contributed by atoms with Crippen LogP contribution in [0.2, 0.25) is 0 Å². The summed E-state index contributed by atoms with van der Waals surface area (Å²) in [6, 6.07) is 2.47. The zero-order valence-corrected chi connectivity index (χ0v) is 17.4. The van der Waals surface area contributed by atoms with Gasteiger partial charge in [-0.2, -0.15) is 0 Å². The molecule has 8 heteroatoms. The van der Waals surface area contributed by atoms with Gasteiger partial charge >= 0.3 is 0 Å². The number of hydrogen-bond donors (Lipinski definition) is 2. The normalized spacial score (nSPS) is 31.6. The van der Waals surface area contributed by atoms with Crippen LogP contribution < -0.4 is 10.0 Å². The third kappa shape index (κ3) is 4.19. The van der Waals surface area contributed by atoms with Gasteiger partial charge in [-0.3, -0.25) is 4.79 Å². The summed E-state index contributed by atoms with van der Waals surface area (Å²) in [7, 11) is -4.00. The molecule has 0 radical (unpaired) electrons. The monoisotopic (exact) mass is 426 g/mol. The fourth-order valence-electron chi connectivity index (χ4n) is 6.20. The molecule has 0 aromatic heterocycles. The summed E-state index contributed by atoms with van der Waals surface area (Å²) in [5, 5.41) is 3.10. The number of sulfonamides is 1. The standard InChI is InChI=1S/C21H28F2N2O3S/c1-13(21-10-14-6-15(11-21)8-16(7-14)12-21)25-20(26)4-5-24-29(27,28)17-2-3-18(22)19(23)9-17/h2-3,9,13-16,24H,4-8,10-12H2,1H3,(H,25,26)/t13-,14?,15?,16?,21?/m1/s1. The highest BCUT2D eigenvalue weighted by Crippen LogP contribution is 2.61. The Morgan fingerprint density at radius 1 is 1.10 bits per heavy atom. The maximum Gasteiger partial charge on any atom is 0.240 e. The molecular weight excluding hydrogens is 398 g/mol. The number of benzene rings is 1. The van der Waals surface area contributed by atoms with E-state index in [1.807, 2.05) is 0 Å². The molecule has 0 spiro atoms. The Hall–Kier alpha value is -1.54. The second-order valence-corrected chi connectivity index (χ2v) is 11.1. The molecule has 4 fully saturated rings. The average Bonchev–Trinajstić information content (AvgIpc) is 2.62. The quantitative estimate of drug-likeness (QED) is 0.702. The fraction of sp³-hybridized carbons (Fsp3) is 0.667. The van der Waals surface area contributed by atoms with E-state index in [0.717, 1.165) is 29.9 Å². The van der Waals surface area contributed by atoms with Crippen LogP contribution in [0.4, 0.5) is 8.78 Å². The van der Waals surface area contributed by atoms with E-state index in [1.165, 1.54) is 38.5 Å². The molecular formula is C21H28F2N2O3S. The molecule has 4 aliphatic carbocycles. The van der Waals surface area contributed by atoms with Crippen molar-refractivity contribution in [1.82, 2.24) is 10.0 Å². The molecule has 0 heterocycles. The molecule has 0 aliphatic heterocycles. The molecule has 160 valence electrons. The number of hydrogen-bond acceptors (Lipinski definition) is 3. The van der Waals surface area contributed by atoms with E-state index in [2.05, 4.69) is 17.0 Å². The fourth-order valence-corrected chi connectivity index (χ4v) is 7.24. The first-order chi connectivity index (χ1) is 13.7. The zero-order valence-electron chi connectivity index (χ0n) is 16.6. The van der Waals surface area contributed by atoms with Gasteiger partial charge in [0.15, 0.2) is 11.6 Å². The Bertz CT molecular complexity index is 868. The number of nitrogens with one attached hydrogen (secondary N) is 2. The van der Waals surface area contributed by atoms with Crippen molar-refractivity contribution < 1.29 is 22.0 Å². The molecule has 1 amide bonds. The van der Waals surface area contributed by atoms with Crippen LogP contribution >= 0.6 is 0 Å². The van der Waals surface area contributed by atoms with Crippen molar-refractivity contribution in [3.63, 3.8) is 0 Å². The van der Waals surface area contributed by atoms with Crippen molar-refractivity contribution in [2.45, 2.75) is 62.8 Å². The topological polar surface area (TPSA) is 75.3 Å². The molecule has 5 nitrogen and oxygen atoms in total. The van der Waals surface area contributed by atoms with Gasteiger partial charge in [0.2, 0.25) is 15.9 Å². The molecule has 2 N–H and O–H groups in total. The minimum atomic E-state index is -4.00. The highest BCUT2D eigenvalue weighted by Gasteiger charge is 2.53. The van der Waals surface area contributed by atoms with E-state index in [4.69, 9.17) is 0 Å². The van der Waals surface area contributed by atoms with Crippen molar-refractivity contribution >= 4 is 15.9 Å². The van der Waals surface area contributed by atoms with Crippen LogP contribution in [0.1, 0.15) is 51.9 Å². The third-order valence-electron chi connectivity index (χ3n) is 7.23. The summed E-state index contributed by atoms with van der Waals surface area (Å²) in [5.41, 5.74) is 0.190. The number of carbonyl (C=O) groups excluding carboxylic acids is 1. The van der Waals surface area contributed by atoms with Gasteiger partial charge in [-0.25, -0.2) is 21.9 Å². The lowest BCUT2D eigenvalue weighted by atomic mass is 9.48. The van der Waals surface area contributed by atoms with Crippen LogP contribution in [0.3, 0.4) is 0 Å². The number of amides is 1. The summed E-state index contributed by atoms with van der Waals surface area (Å²) >= 11 is 0. The molecule has 1 aromatic carbocycles. The lowest BCUT2D eigenvalue weighted by molar-refractivity contribution is -0.125. The van der Waals surface area contributed by atoms with Gasteiger partial charge in [-0.15, -0.1) is 0 Å². The molecule has 1 aromatic rings. The van der Waals surface area contributed by atoms with Crippen molar-refractivity contribution in [3.8, 4) is 0 Å². The summed E-state index contributed by atoms with van der Waals surface area (Å²) in [5.74, 6) is -0.145. The largest absolute Gasteiger partial charge is 0.353 e. The second kappa shape index (κ2) is 7.61. The Kier molecular flexibility index (Phi) is 5.44. The van der Waals surface area contributed by atoms with Gasteiger partial charge < -0.3 is 5.32 Å². The first-order valence-electron chi connectivity index (χ1n) is 10.4. The predicted octanol–water partition coefficient (Wildman–Crippen LogP) is 3.35. The third-order valence-corrected chi connectivity index (χ3v) is 8.69. The molecule has 4 bridgehead atoms. The Labute approximate surface area is 170 Å². The van der Waals surface area contributed by atoms with Crippen molar-refractivity contribution in [3.05, 3.63) is 29.8 Å². The zero-order chi connectivity index (χ0) is 20.8. The Morgan fingerprint density at radius 2 is 1.69 bits per heavy atom. The van der Waals surface area contributed by atoms with Crippen LogP contribution in [0.25, 0.3) is 0 Å². The van der Waals surface area contributed by atoms with E-state index in [1.54, 1.807) is 0 Å². The highest BCUT2D eigenvalue weighted by atomic mass is 32.2. The number of rotatable bonds is 7. The molecule has 4 aliphatic rings. The van der Waals surface area contributed by atoms with E-state index in [-0.39, 0.29) is 35.2 Å². The predicted molar refractivity (Wildman–Crippen MR) is 104 cm³/mol. The lowest BCUT2D eigenvalue weighted by Gasteiger charge is -2.59. The van der Waals surface area contributed by atoms with Gasteiger partial charge in [0.1, 0.15) is 0 Å². The maximum atomic E-state index is 13.3. The summed E-state index contributed by atoms with van der Waals surface area (Å²) in [6.07, 6.45) is 7.57. The molecule has 29 heavy (non-hydrogen) atoms. The molecule has 4 saturated carbocycles. The SMILES string of the molecule is C[C@@H](NC(=O)CCNS(=O)(=O)c1ccc(F)c(F)c1)C12CC3CC(CC(C3)C1)C2. The molecule has 1 atom stereocenters. The van der Waals surface area contributed by atoms with Gasteiger partial charge in [-0.05, 0) is 86.8 Å². The van der Waals surface area contributed by atoms with Crippen LogP contribution in [-0.4, -0.2) is 26.9 Å². The molecule has 5 rings (SSSR count). The summed E-state index contributed by atoms with van der Waals surface area (Å²) < 4.78 is 53.0. The lowest BCUT2D eigenvalue weighted by Crippen LogP contribution is -2.56. The Balaban J connectivity index is 1.29. The van der Waals surface area contributed by atoms with E-state index in [9.17, 15) is 22.0 Å². The molecule has 0 saturated heterocycles. The van der Waals surface area contributed by atoms with Gasteiger partial charge in [0.25, 0.3) is 0 Å². The second-order valence-electron chi connectivity index (χ2n) is 9.29. The number of halogens is 2. The first kappa shape index (κ1) is 20.7. The van der Waals surface area contributed by atoms with E-state index in [0.29, 0.717) is 6.07 Å². The van der Waals surface area contributed by atoms with Crippen LogP contribution in [0, 0.1) is 34.8 Å². The maximum absolute atomic E-state index is 13.3. The van der Waals surface area contributed by atoms with E-state index < -0.39 is 21.7 Å². The van der Waals surface area contributed by atoms with Crippen LogP contribution in [0.5, 0.6) is 0 Å². The summed E-state index contributed by atoms with van der Waals surface area (Å²) in [4.78, 5) is 12.0. The summed E-state index contributed by atoms with van der Waals surface area (Å²) in [6.45, 7) is 1.98. The highest BCUT2D eigenvalue weighted by molar-refractivity contribution is 7.89. The minimum absolute atomic E-state index is 0.000384. The first-order valence-corrected chi connectivity index (χ1v) is 11.9. The van der Waals surface area contributed by atoms with E-state index >= 15 is 0 Å². The van der Waals surface area contributed by atoms with Crippen molar-refractivity contribution in [1.29, 1.82) is 0 Å². The molecule has 0 unspecified atom stereocenters. The van der Waals surface area contributed by atoms with Gasteiger partial charge in [-0.1, -0.05) is 0 Å². The van der Waals surface area contributed by atoms with Crippen LogP contribution in [-0.2, 0) is 14.8 Å². The Morgan fingerprint density at radius 3 is 2.24 bits per heavy atom. The van der Waals surface area contributed by atoms with Crippen LogP contribution in [0.15, 0.2) is 23.1 Å². The minimum Gasteiger partial charge on any atom is -0.353 e. The van der Waals surface area contributed by atoms with Gasteiger partial charge in [0.05, 0.1) is 4.90 Å². The van der Waals surface area contributed by atoms with Crippen molar-refractivity contribution in [2.75, 3.05) is 6.54 Å². The smallest absolute Gasteiger partial charge is 0.240 e. The van der Waals surface area contributed by atoms with Crippen molar-refractivity contribution in [2.24, 2.45) is 23.2 Å². The number of carbonyl (C=O) groups is 1.